The largest absolute Gasteiger partial charge is 0.392 e. The van der Waals surface area contributed by atoms with E-state index in [9.17, 15) is 9.59 Å². The minimum Gasteiger partial charge on any atom is -0.392 e. The number of thiocarbonyl (C=S) groups is 1. The fraction of sp³-hybridized carbons (Fsp3) is 0.700. The normalized spacial score (nSPS) is 27.2. The molecule has 1 aliphatic carbocycles. The van der Waals surface area contributed by atoms with Gasteiger partial charge in [0.15, 0.2) is 0 Å². The van der Waals surface area contributed by atoms with Crippen LogP contribution >= 0.6 is 12.2 Å². The van der Waals surface area contributed by atoms with E-state index < -0.39 is 11.5 Å². The molecule has 1 atom stereocenters. The lowest BCUT2D eigenvalue weighted by Crippen LogP contribution is -2.58. The molecule has 0 spiro atoms. The summed E-state index contributed by atoms with van der Waals surface area (Å²) in [7, 11) is 0. The predicted octanol–water partition coefficient (Wildman–Crippen LogP) is -0.600. The molecule has 5 nitrogen and oxygen atoms in total. The Balaban J connectivity index is 2.16. The summed E-state index contributed by atoms with van der Waals surface area (Å²) in [5.74, 6) is -0.194. The van der Waals surface area contributed by atoms with E-state index in [1.807, 2.05) is 0 Å². The Kier molecular flexibility index (Phi) is 2.61. The molecular formula is C10H15N3O2S. The number of nitrogens with zero attached hydrogens (tertiary/aromatic N) is 1. The Hall–Kier alpha value is -1.17. The summed E-state index contributed by atoms with van der Waals surface area (Å²) < 4.78 is 0. The van der Waals surface area contributed by atoms with Crippen molar-refractivity contribution in [1.82, 2.24) is 10.2 Å². The molecule has 6 heteroatoms. The van der Waals surface area contributed by atoms with Gasteiger partial charge in [0.1, 0.15) is 6.04 Å². The molecule has 3 N–H and O–H groups in total. The number of carbonyl (C=O) groups is 2. The molecule has 0 aromatic rings. The monoisotopic (exact) mass is 241 g/mol. The number of hydrogen-bond donors (Lipinski definition) is 2. The van der Waals surface area contributed by atoms with Crippen molar-refractivity contribution in [2.75, 3.05) is 13.1 Å². The van der Waals surface area contributed by atoms with E-state index in [1.165, 1.54) is 0 Å². The van der Waals surface area contributed by atoms with Crippen molar-refractivity contribution in [2.45, 2.75) is 25.8 Å². The van der Waals surface area contributed by atoms with Gasteiger partial charge in [-0.1, -0.05) is 12.2 Å². The van der Waals surface area contributed by atoms with Gasteiger partial charge in [0.05, 0.1) is 10.4 Å². The number of piperazine rings is 1. The maximum Gasteiger partial charge on any atom is 0.242 e. The van der Waals surface area contributed by atoms with Gasteiger partial charge in [0.2, 0.25) is 11.8 Å². The summed E-state index contributed by atoms with van der Waals surface area (Å²) >= 11 is 4.94. The molecule has 1 aliphatic heterocycles. The number of carbonyl (C=O) groups excluding carboxylic acids is 2. The third-order valence-electron chi connectivity index (χ3n) is 3.39. The number of nitrogens with two attached hydrogens (primary N) is 1. The van der Waals surface area contributed by atoms with Gasteiger partial charge in [0.25, 0.3) is 0 Å². The Labute approximate surface area is 99.3 Å². The van der Waals surface area contributed by atoms with Crippen LogP contribution in [0.25, 0.3) is 0 Å². The van der Waals surface area contributed by atoms with Crippen LogP contribution < -0.4 is 11.1 Å². The van der Waals surface area contributed by atoms with Crippen molar-refractivity contribution in [3.8, 4) is 0 Å². The SMILES string of the molecule is CC1C(=O)NCCN1C(=O)C1(C(N)=S)CC1. The first-order valence-electron chi connectivity index (χ1n) is 5.38. The summed E-state index contributed by atoms with van der Waals surface area (Å²) in [4.78, 5) is 25.6. The minimum atomic E-state index is -0.652. The topological polar surface area (TPSA) is 75.4 Å². The maximum atomic E-state index is 12.3. The summed E-state index contributed by atoms with van der Waals surface area (Å²) in [6.07, 6.45) is 1.43. The number of hydrogen-bond acceptors (Lipinski definition) is 3. The number of nitrogens with one attached hydrogen (secondary N) is 1. The van der Waals surface area contributed by atoms with E-state index in [4.69, 9.17) is 18.0 Å². The predicted molar refractivity (Wildman–Crippen MR) is 62.6 cm³/mol. The molecular weight excluding hydrogens is 226 g/mol. The zero-order valence-corrected chi connectivity index (χ0v) is 9.97. The third kappa shape index (κ3) is 1.57. The lowest BCUT2D eigenvalue weighted by Gasteiger charge is -2.35. The van der Waals surface area contributed by atoms with Gasteiger partial charge in [0, 0.05) is 13.1 Å². The van der Waals surface area contributed by atoms with Gasteiger partial charge < -0.3 is 16.0 Å². The second kappa shape index (κ2) is 3.69. The fourth-order valence-electron chi connectivity index (χ4n) is 2.03. The van der Waals surface area contributed by atoms with Gasteiger partial charge in [-0.3, -0.25) is 9.59 Å². The molecule has 2 fully saturated rings. The van der Waals surface area contributed by atoms with Crippen LogP contribution in [0.5, 0.6) is 0 Å². The van der Waals surface area contributed by atoms with Crippen molar-refractivity contribution in [2.24, 2.45) is 11.1 Å². The van der Waals surface area contributed by atoms with Gasteiger partial charge in [-0.2, -0.15) is 0 Å². The van der Waals surface area contributed by atoms with E-state index in [1.54, 1.807) is 11.8 Å². The average Bonchev–Trinajstić information content (AvgIpc) is 3.02. The standard InChI is InChI=1S/C10H15N3O2S/c1-6-7(14)12-4-5-13(6)9(15)10(2-3-10)8(11)16/h6H,2-5H2,1H3,(H2,11,16)(H,12,14). The number of amides is 2. The lowest BCUT2D eigenvalue weighted by molar-refractivity contribution is -0.144. The first-order valence-corrected chi connectivity index (χ1v) is 5.78. The van der Waals surface area contributed by atoms with E-state index in [-0.39, 0.29) is 16.8 Å². The Morgan fingerprint density at radius 3 is 2.75 bits per heavy atom. The Morgan fingerprint density at radius 1 is 1.62 bits per heavy atom. The van der Waals surface area contributed by atoms with Crippen molar-refractivity contribution >= 4 is 29.0 Å². The third-order valence-corrected chi connectivity index (χ3v) is 3.78. The van der Waals surface area contributed by atoms with Crippen molar-refractivity contribution in [1.29, 1.82) is 0 Å². The molecule has 1 unspecified atom stereocenters. The zero-order chi connectivity index (χ0) is 11.9. The molecule has 88 valence electrons. The first kappa shape index (κ1) is 11.3. The molecule has 0 bridgehead atoms. The van der Waals surface area contributed by atoms with Crippen LogP contribution in [0.3, 0.4) is 0 Å². The van der Waals surface area contributed by atoms with E-state index >= 15 is 0 Å². The second-order valence-corrected chi connectivity index (χ2v) is 4.85. The Morgan fingerprint density at radius 2 is 2.25 bits per heavy atom. The maximum absolute atomic E-state index is 12.3. The smallest absolute Gasteiger partial charge is 0.242 e. The molecule has 2 rings (SSSR count). The highest BCUT2D eigenvalue weighted by atomic mass is 32.1. The van der Waals surface area contributed by atoms with Crippen LogP contribution in [0.15, 0.2) is 0 Å². The highest BCUT2D eigenvalue weighted by Gasteiger charge is 2.55. The highest BCUT2D eigenvalue weighted by molar-refractivity contribution is 7.80. The molecule has 2 amide bonds. The lowest BCUT2D eigenvalue weighted by atomic mass is 10.0. The molecule has 0 radical (unpaired) electrons. The number of rotatable bonds is 2. The summed E-state index contributed by atoms with van der Waals surface area (Å²) in [6, 6.07) is -0.423. The van der Waals surface area contributed by atoms with Gasteiger partial charge in [-0.15, -0.1) is 0 Å². The molecule has 0 aromatic carbocycles. The van der Waals surface area contributed by atoms with Crippen LogP contribution in [0.1, 0.15) is 19.8 Å². The zero-order valence-electron chi connectivity index (χ0n) is 9.16. The van der Waals surface area contributed by atoms with Gasteiger partial charge in [-0.05, 0) is 19.8 Å². The van der Waals surface area contributed by atoms with Crippen molar-refractivity contribution in [3.05, 3.63) is 0 Å². The highest BCUT2D eigenvalue weighted by Crippen LogP contribution is 2.47. The first-order chi connectivity index (χ1) is 7.49. The van der Waals surface area contributed by atoms with Gasteiger partial charge >= 0.3 is 0 Å². The van der Waals surface area contributed by atoms with Crippen LogP contribution in [0.2, 0.25) is 0 Å². The van der Waals surface area contributed by atoms with E-state index in [2.05, 4.69) is 5.32 Å². The Bertz CT molecular complexity index is 365. The minimum absolute atomic E-state index is 0.0812. The van der Waals surface area contributed by atoms with Crippen LogP contribution in [-0.4, -0.2) is 40.8 Å². The molecule has 16 heavy (non-hydrogen) atoms. The average molecular weight is 241 g/mol. The summed E-state index contributed by atoms with van der Waals surface area (Å²) in [5.41, 5.74) is 4.95. The molecule has 1 heterocycles. The molecule has 0 aromatic heterocycles. The van der Waals surface area contributed by atoms with Crippen molar-refractivity contribution in [3.63, 3.8) is 0 Å². The molecule has 1 saturated heterocycles. The second-order valence-electron chi connectivity index (χ2n) is 4.41. The fourth-order valence-corrected chi connectivity index (χ4v) is 2.32. The molecule has 1 saturated carbocycles. The van der Waals surface area contributed by atoms with Crippen molar-refractivity contribution < 1.29 is 9.59 Å². The quantitative estimate of drug-likeness (QED) is 0.633. The van der Waals surface area contributed by atoms with Crippen LogP contribution in [0.4, 0.5) is 0 Å². The van der Waals surface area contributed by atoms with E-state index in [0.29, 0.717) is 25.9 Å². The summed E-state index contributed by atoms with van der Waals surface area (Å²) in [5, 5.41) is 2.72. The van der Waals surface area contributed by atoms with E-state index in [0.717, 1.165) is 0 Å². The van der Waals surface area contributed by atoms with Crippen LogP contribution in [0, 0.1) is 5.41 Å². The molecule has 2 aliphatic rings. The summed E-state index contributed by atoms with van der Waals surface area (Å²) in [6.45, 7) is 2.76. The van der Waals surface area contributed by atoms with Crippen LogP contribution in [-0.2, 0) is 9.59 Å². The van der Waals surface area contributed by atoms with Gasteiger partial charge in [-0.25, -0.2) is 0 Å².